The molecule has 0 bridgehead atoms. The van der Waals surface area contributed by atoms with Crippen molar-refractivity contribution >= 4 is 43.1 Å². The van der Waals surface area contributed by atoms with Crippen molar-refractivity contribution in [3.8, 4) is 0 Å². The van der Waals surface area contributed by atoms with Crippen LogP contribution < -0.4 is 0 Å². The number of rotatable bonds is 15. The van der Waals surface area contributed by atoms with Gasteiger partial charge in [0.15, 0.2) is 0 Å². The van der Waals surface area contributed by atoms with Gasteiger partial charge in [-0.1, -0.05) is 136 Å². The average Bonchev–Trinajstić information content (AvgIpc) is 2.95. The molecule has 0 radical (unpaired) electrons. The minimum absolute atomic E-state index is 1.18. The molecule has 0 unspecified atom stereocenters. The number of aryl methyl sites for hydroxylation is 2. The van der Waals surface area contributed by atoms with Gasteiger partial charge in [0.2, 0.25) is 0 Å². The average molecular weight is 543 g/mol. The summed E-state index contributed by atoms with van der Waals surface area (Å²) in [5.41, 5.74) is 6.38. The zero-order valence-corrected chi connectivity index (χ0v) is 25.7. The van der Waals surface area contributed by atoms with E-state index in [-0.39, 0.29) is 0 Å². The van der Waals surface area contributed by atoms with Gasteiger partial charge in [-0.05, 0) is 95.2 Å². The Hall–Kier alpha value is -1.90. The van der Waals surface area contributed by atoms with Crippen LogP contribution in [-0.2, 0) is 25.7 Å². The lowest BCUT2D eigenvalue weighted by molar-refractivity contribution is 0.751. The Morgan fingerprint density at radius 1 is 0.474 bits per heavy atom. The topological polar surface area (TPSA) is 0 Å². The lowest BCUT2D eigenvalue weighted by atomic mass is 9.94. The van der Waals surface area contributed by atoms with Crippen molar-refractivity contribution in [2.75, 3.05) is 0 Å². The molecule has 0 saturated carbocycles. The summed E-state index contributed by atoms with van der Waals surface area (Å²) >= 11 is 0. The van der Waals surface area contributed by atoms with Gasteiger partial charge >= 0.3 is 0 Å². The molecule has 4 aromatic rings. The van der Waals surface area contributed by atoms with E-state index >= 15 is 0 Å². The van der Waals surface area contributed by atoms with E-state index in [1.807, 2.05) is 21.6 Å². The highest BCUT2D eigenvalue weighted by atomic mass is 33.1. The first-order valence-electron chi connectivity index (χ1n) is 15.1. The third-order valence-electron chi connectivity index (χ3n) is 7.76. The molecule has 0 nitrogen and oxygen atoms in total. The van der Waals surface area contributed by atoms with Crippen LogP contribution in [0.4, 0.5) is 0 Å². The SMILES string of the molecule is CCCCc1cc2ccccc2c(SSc2c(CCCC)c(CCCC)cc3ccccc23)c1CCCC. The number of hydrogen-bond acceptors (Lipinski definition) is 2. The van der Waals surface area contributed by atoms with Crippen molar-refractivity contribution in [3.63, 3.8) is 0 Å². The van der Waals surface area contributed by atoms with Crippen molar-refractivity contribution in [2.24, 2.45) is 0 Å². The smallest absolute Gasteiger partial charge is 0.0299 e. The maximum atomic E-state index is 2.50. The molecule has 0 fully saturated rings. The van der Waals surface area contributed by atoms with Gasteiger partial charge in [0.1, 0.15) is 0 Å². The van der Waals surface area contributed by atoms with Crippen LogP contribution in [0.5, 0.6) is 0 Å². The number of unbranched alkanes of at least 4 members (excludes halogenated alkanes) is 4. The van der Waals surface area contributed by atoms with Gasteiger partial charge < -0.3 is 0 Å². The van der Waals surface area contributed by atoms with Gasteiger partial charge in [-0.15, -0.1) is 0 Å². The maximum Gasteiger partial charge on any atom is 0.0299 e. The number of benzene rings is 4. The molecule has 2 heteroatoms. The summed E-state index contributed by atoms with van der Waals surface area (Å²) in [6, 6.07) is 23.2. The molecule has 0 atom stereocenters. The molecule has 0 heterocycles. The van der Waals surface area contributed by atoms with Crippen LogP contribution in [0.25, 0.3) is 21.5 Å². The van der Waals surface area contributed by atoms with Crippen molar-refractivity contribution < 1.29 is 0 Å². The minimum Gasteiger partial charge on any atom is -0.0654 e. The molecule has 202 valence electrons. The van der Waals surface area contributed by atoms with Gasteiger partial charge in [-0.3, -0.25) is 0 Å². The lowest BCUT2D eigenvalue weighted by Gasteiger charge is -2.20. The van der Waals surface area contributed by atoms with E-state index in [2.05, 4.69) is 88.4 Å². The van der Waals surface area contributed by atoms with Crippen LogP contribution in [0.3, 0.4) is 0 Å². The summed E-state index contributed by atoms with van der Waals surface area (Å²) in [5.74, 6) is 0. The predicted molar refractivity (Wildman–Crippen MR) is 174 cm³/mol. The second kappa shape index (κ2) is 15.0. The van der Waals surface area contributed by atoms with Crippen LogP contribution in [0.15, 0.2) is 70.5 Å². The quantitative estimate of drug-likeness (QED) is 0.137. The van der Waals surface area contributed by atoms with Gasteiger partial charge in [0.05, 0.1) is 0 Å². The highest BCUT2D eigenvalue weighted by Crippen LogP contribution is 2.48. The Kier molecular flexibility index (Phi) is 11.5. The molecule has 4 rings (SSSR count). The number of hydrogen-bond donors (Lipinski definition) is 0. The van der Waals surface area contributed by atoms with E-state index in [1.54, 1.807) is 22.3 Å². The highest BCUT2D eigenvalue weighted by molar-refractivity contribution is 8.76. The molecule has 0 saturated heterocycles. The Morgan fingerprint density at radius 2 is 0.842 bits per heavy atom. The second-order valence-corrected chi connectivity index (χ2v) is 12.9. The molecule has 0 amide bonds. The summed E-state index contributed by atoms with van der Waals surface area (Å²) in [4.78, 5) is 3.02. The molecule has 4 aromatic carbocycles. The Bertz CT molecular complexity index is 1220. The van der Waals surface area contributed by atoms with E-state index in [1.165, 1.54) is 108 Å². The Balaban J connectivity index is 1.84. The molecule has 0 aliphatic rings. The van der Waals surface area contributed by atoms with Crippen molar-refractivity contribution in [2.45, 2.75) is 115 Å². The summed E-state index contributed by atoms with van der Waals surface area (Å²) in [7, 11) is 4.08. The zero-order valence-electron chi connectivity index (χ0n) is 24.1. The van der Waals surface area contributed by atoms with Crippen molar-refractivity contribution in [1.82, 2.24) is 0 Å². The van der Waals surface area contributed by atoms with Crippen LogP contribution in [-0.4, -0.2) is 0 Å². The molecule has 0 aliphatic carbocycles. The third kappa shape index (κ3) is 6.99. The zero-order chi connectivity index (χ0) is 26.7. The van der Waals surface area contributed by atoms with E-state index in [4.69, 9.17) is 0 Å². The van der Waals surface area contributed by atoms with E-state index in [0.717, 1.165) is 0 Å². The normalized spacial score (nSPS) is 11.6. The van der Waals surface area contributed by atoms with Crippen LogP contribution in [0.2, 0.25) is 0 Å². The summed E-state index contributed by atoms with van der Waals surface area (Å²) < 4.78 is 0. The number of fused-ring (bicyclic) bond motifs is 2. The fourth-order valence-corrected chi connectivity index (χ4v) is 8.56. The fraction of sp³-hybridized carbons (Fsp3) is 0.444. The molecular weight excluding hydrogens is 497 g/mol. The minimum atomic E-state index is 1.18. The molecular formula is C36H46S2. The standard InChI is InChI=1S/C36H46S2/c1-5-9-17-27-25-29-19-13-15-23-33(29)35(31(27)21-11-7-3)37-38-36-32(22-12-8-4)28(18-10-6-2)26-30-20-14-16-24-34(30)36/h13-16,19-20,23-26H,5-12,17-18,21-22H2,1-4H3. The van der Waals surface area contributed by atoms with Crippen molar-refractivity contribution in [1.29, 1.82) is 0 Å². The van der Waals surface area contributed by atoms with Gasteiger partial charge in [0, 0.05) is 9.79 Å². The summed E-state index contributed by atoms with van der Waals surface area (Å²) in [5, 5.41) is 5.65. The first kappa shape index (κ1) is 29.1. The fourth-order valence-electron chi connectivity index (χ4n) is 5.54. The van der Waals surface area contributed by atoms with E-state index in [0.29, 0.717) is 0 Å². The van der Waals surface area contributed by atoms with Crippen molar-refractivity contribution in [3.05, 3.63) is 82.9 Å². The highest BCUT2D eigenvalue weighted by Gasteiger charge is 2.18. The maximum absolute atomic E-state index is 2.50. The summed E-state index contributed by atoms with van der Waals surface area (Å²) in [6.45, 7) is 9.27. The predicted octanol–water partition coefficient (Wildman–Crippen LogP) is 12.2. The van der Waals surface area contributed by atoms with Gasteiger partial charge in [0.25, 0.3) is 0 Å². The Morgan fingerprint density at radius 3 is 1.24 bits per heavy atom. The van der Waals surface area contributed by atoms with E-state index in [9.17, 15) is 0 Å². The monoisotopic (exact) mass is 542 g/mol. The second-order valence-electron chi connectivity index (χ2n) is 10.7. The third-order valence-corrected chi connectivity index (χ3v) is 10.4. The summed E-state index contributed by atoms with van der Waals surface area (Å²) in [6.07, 6.45) is 14.8. The van der Waals surface area contributed by atoms with Gasteiger partial charge in [-0.25, -0.2) is 0 Å². The van der Waals surface area contributed by atoms with Crippen LogP contribution in [0.1, 0.15) is 101 Å². The molecule has 0 aromatic heterocycles. The van der Waals surface area contributed by atoms with Gasteiger partial charge in [-0.2, -0.15) is 0 Å². The molecule has 0 N–H and O–H groups in total. The lowest BCUT2D eigenvalue weighted by Crippen LogP contribution is -2.00. The molecule has 38 heavy (non-hydrogen) atoms. The van der Waals surface area contributed by atoms with Crippen LogP contribution >= 0.6 is 21.6 Å². The van der Waals surface area contributed by atoms with E-state index < -0.39 is 0 Å². The molecule has 0 spiro atoms. The Labute approximate surface area is 239 Å². The molecule has 0 aliphatic heterocycles. The van der Waals surface area contributed by atoms with Crippen LogP contribution in [0, 0.1) is 0 Å². The first-order valence-corrected chi connectivity index (χ1v) is 17.3. The first-order chi connectivity index (χ1) is 18.7. The largest absolute Gasteiger partial charge is 0.0654 e.